The van der Waals surface area contributed by atoms with E-state index in [-0.39, 0.29) is 5.91 Å². The van der Waals surface area contributed by atoms with Crippen molar-refractivity contribution >= 4 is 23.2 Å². The Kier molecular flexibility index (Phi) is 5.51. The van der Waals surface area contributed by atoms with Crippen LogP contribution in [0.3, 0.4) is 0 Å². The first kappa shape index (κ1) is 16.2. The topological polar surface area (TPSA) is 32.3 Å². The Morgan fingerprint density at radius 2 is 2.14 bits per heavy atom. The maximum atomic E-state index is 12.9. The summed E-state index contributed by atoms with van der Waals surface area (Å²) >= 11 is 6.10. The molecule has 2 atom stereocenters. The average Bonchev–Trinajstić information content (AvgIpc) is 2.47. The number of anilines is 1. The number of benzene rings is 1. The lowest BCUT2D eigenvalue weighted by atomic mass is 9.94. The van der Waals surface area contributed by atoms with Crippen molar-refractivity contribution in [1.82, 2.24) is 4.90 Å². The molecule has 0 saturated carbocycles. The van der Waals surface area contributed by atoms with Crippen molar-refractivity contribution in [2.45, 2.75) is 46.1 Å². The first-order chi connectivity index (χ1) is 10.0. The molecule has 1 aliphatic rings. The molecule has 1 N–H and O–H groups in total. The fourth-order valence-electron chi connectivity index (χ4n) is 2.83. The van der Waals surface area contributed by atoms with Gasteiger partial charge in [0.25, 0.3) is 5.91 Å². The van der Waals surface area contributed by atoms with Crippen molar-refractivity contribution in [3.8, 4) is 0 Å². The molecule has 1 saturated heterocycles. The number of piperidine rings is 1. The lowest BCUT2D eigenvalue weighted by Crippen LogP contribution is -2.45. The summed E-state index contributed by atoms with van der Waals surface area (Å²) in [4.78, 5) is 14.9. The predicted octanol–water partition coefficient (Wildman–Crippen LogP) is 4.42. The number of carbonyl (C=O) groups excluding carboxylic acids is 1. The highest BCUT2D eigenvalue weighted by atomic mass is 35.5. The molecule has 1 aromatic carbocycles. The molecule has 2 unspecified atom stereocenters. The van der Waals surface area contributed by atoms with E-state index in [1.54, 1.807) is 6.07 Å². The van der Waals surface area contributed by atoms with E-state index >= 15 is 0 Å². The molecule has 0 bridgehead atoms. The van der Waals surface area contributed by atoms with Crippen LogP contribution in [0.25, 0.3) is 0 Å². The van der Waals surface area contributed by atoms with Crippen molar-refractivity contribution in [2.75, 3.05) is 18.4 Å². The van der Waals surface area contributed by atoms with Gasteiger partial charge in [0.1, 0.15) is 0 Å². The quantitative estimate of drug-likeness (QED) is 0.893. The Balaban J connectivity index is 2.26. The second-order valence-electron chi connectivity index (χ2n) is 6.11. The lowest BCUT2D eigenvalue weighted by molar-refractivity contribution is 0.0575. The SMILES string of the molecule is CCCNc1ccc(Cl)cc1C(=O)N1CC(C)CCC1C. The summed E-state index contributed by atoms with van der Waals surface area (Å²) in [6.45, 7) is 8.14. The maximum absolute atomic E-state index is 12.9. The van der Waals surface area contributed by atoms with E-state index < -0.39 is 0 Å². The van der Waals surface area contributed by atoms with Crippen LogP contribution in [0.15, 0.2) is 18.2 Å². The van der Waals surface area contributed by atoms with E-state index in [9.17, 15) is 4.79 Å². The van der Waals surface area contributed by atoms with Crippen LogP contribution in [0.5, 0.6) is 0 Å². The normalized spacial score (nSPS) is 22.2. The molecule has 1 fully saturated rings. The number of rotatable bonds is 4. The highest BCUT2D eigenvalue weighted by molar-refractivity contribution is 6.31. The Morgan fingerprint density at radius 1 is 1.38 bits per heavy atom. The Bertz CT molecular complexity index is 504. The monoisotopic (exact) mass is 308 g/mol. The molecule has 0 aromatic heterocycles. The molecule has 1 amide bonds. The molecule has 116 valence electrons. The second kappa shape index (κ2) is 7.17. The fraction of sp³-hybridized carbons (Fsp3) is 0.588. The van der Waals surface area contributed by atoms with E-state index in [0.29, 0.717) is 22.5 Å². The molecule has 0 radical (unpaired) electrons. The largest absolute Gasteiger partial charge is 0.384 e. The van der Waals surface area contributed by atoms with Crippen molar-refractivity contribution < 1.29 is 4.79 Å². The van der Waals surface area contributed by atoms with Gasteiger partial charge >= 0.3 is 0 Å². The molecule has 2 rings (SSSR count). The Hall–Kier alpha value is -1.22. The minimum atomic E-state index is 0.0927. The lowest BCUT2D eigenvalue weighted by Gasteiger charge is -2.37. The third kappa shape index (κ3) is 3.91. The maximum Gasteiger partial charge on any atom is 0.256 e. The van der Waals surface area contributed by atoms with E-state index in [0.717, 1.165) is 31.6 Å². The number of hydrogen-bond acceptors (Lipinski definition) is 2. The van der Waals surface area contributed by atoms with Gasteiger partial charge in [-0.05, 0) is 50.3 Å². The van der Waals surface area contributed by atoms with Gasteiger partial charge in [-0.25, -0.2) is 0 Å². The predicted molar refractivity (Wildman–Crippen MR) is 89.1 cm³/mol. The standard InChI is InChI=1S/C17H25ClN2O/c1-4-9-19-16-8-7-14(18)10-15(16)17(21)20-11-12(2)5-6-13(20)3/h7-8,10,12-13,19H,4-6,9,11H2,1-3H3. The van der Waals surface area contributed by atoms with Gasteiger partial charge < -0.3 is 10.2 Å². The fourth-order valence-corrected chi connectivity index (χ4v) is 3.01. The van der Waals surface area contributed by atoms with Crippen LogP contribution < -0.4 is 5.32 Å². The number of nitrogens with one attached hydrogen (secondary N) is 1. The molecular weight excluding hydrogens is 284 g/mol. The van der Waals surface area contributed by atoms with Crippen molar-refractivity contribution in [1.29, 1.82) is 0 Å². The van der Waals surface area contributed by atoms with E-state index in [2.05, 4.69) is 26.1 Å². The van der Waals surface area contributed by atoms with Crippen LogP contribution in [0, 0.1) is 5.92 Å². The van der Waals surface area contributed by atoms with Gasteiger partial charge in [0.2, 0.25) is 0 Å². The number of likely N-dealkylation sites (tertiary alicyclic amines) is 1. The van der Waals surface area contributed by atoms with E-state index in [1.807, 2.05) is 17.0 Å². The molecule has 21 heavy (non-hydrogen) atoms. The number of amides is 1. The number of hydrogen-bond donors (Lipinski definition) is 1. The zero-order chi connectivity index (χ0) is 15.4. The first-order valence-electron chi connectivity index (χ1n) is 7.87. The van der Waals surface area contributed by atoms with Crippen molar-refractivity contribution in [3.05, 3.63) is 28.8 Å². The van der Waals surface area contributed by atoms with Gasteiger partial charge in [0.15, 0.2) is 0 Å². The smallest absolute Gasteiger partial charge is 0.256 e. The van der Waals surface area contributed by atoms with E-state index in [1.165, 1.54) is 6.42 Å². The van der Waals surface area contributed by atoms with Crippen molar-refractivity contribution in [2.24, 2.45) is 5.92 Å². The molecule has 1 aliphatic heterocycles. The minimum absolute atomic E-state index is 0.0927. The van der Waals surface area contributed by atoms with Gasteiger partial charge in [-0.1, -0.05) is 25.4 Å². The summed E-state index contributed by atoms with van der Waals surface area (Å²) < 4.78 is 0. The van der Waals surface area contributed by atoms with Crippen LogP contribution in [0.4, 0.5) is 5.69 Å². The molecule has 1 aromatic rings. The molecule has 4 heteroatoms. The van der Waals surface area contributed by atoms with Gasteiger partial charge in [0.05, 0.1) is 5.56 Å². The molecule has 3 nitrogen and oxygen atoms in total. The summed E-state index contributed by atoms with van der Waals surface area (Å²) in [6, 6.07) is 5.82. The van der Waals surface area contributed by atoms with E-state index in [4.69, 9.17) is 11.6 Å². The second-order valence-corrected chi connectivity index (χ2v) is 6.54. The van der Waals surface area contributed by atoms with Crippen LogP contribution in [0.2, 0.25) is 5.02 Å². The number of nitrogens with zero attached hydrogens (tertiary/aromatic N) is 1. The van der Waals surface area contributed by atoms with Gasteiger partial charge in [-0.3, -0.25) is 4.79 Å². The van der Waals surface area contributed by atoms with Crippen LogP contribution in [-0.4, -0.2) is 29.9 Å². The third-order valence-corrected chi connectivity index (χ3v) is 4.39. The Labute approximate surface area is 132 Å². The molecule has 0 aliphatic carbocycles. The highest BCUT2D eigenvalue weighted by Crippen LogP contribution is 2.27. The molecule has 1 heterocycles. The zero-order valence-electron chi connectivity index (χ0n) is 13.2. The summed E-state index contributed by atoms with van der Waals surface area (Å²) in [7, 11) is 0. The molecular formula is C17H25ClN2O. The molecule has 0 spiro atoms. The van der Waals surface area contributed by atoms with Crippen LogP contribution >= 0.6 is 11.6 Å². The summed E-state index contributed by atoms with van der Waals surface area (Å²) in [5.41, 5.74) is 1.58. The van der Waals surface area contributed by atoms with Gasteiger partial charge in [0, 0.05) is 29.8 Å². The van der Waals surface area contributed by atoms with Crippen LogP contribution in [0.1, 0.15) is 50.4 Å². The Morgan fingerprint density at radius 3 is 2.86 bits per heavy atom. The number of halogens is 1. The zero-order valence-corrected chi connectivity index (χ0v) is 13.9. The minimum Gasteiger partial charge on any atom is -0.384 e. The van der Waals surface area contributed by atoms with Crippen molar-refractivity contribution in [3.63, 3.8) is 0 Å². The summed E-state index contributed by atoms with van der Waals surface area (Å²) in [5, 5.41) is 3.94. The average molecular weight is 309 g/mol. The first-order valence-corrected chi connectivity index (χ1v) is 8.25. The summed E-state index contributed by atoms with van der Waals surface area (Å²) in [6.07, 6.45) is 3.29. The highest BCUT2D eigenvalue weighted by Gasteiger charge is 2.28. The van der Waals surface area contributed by atoms with Gasteiger partial charge in [-0.15, -0.1) is 0 Å². The number of carbonyl (C=O) groups is 1. The van der Waals surface area contributed by atoms with Gasteiger partial charge in [-0.2, -0.15) is 0 Å². The van der Waals surface area contributed by atoms with Crippen LogP contribution in [-0.2, 0) is 0 Å². The third-order valence-electron chi connectivity index (χ3n) is 4.16. The summed E-state index contributed by atoms with van der Waals surface area (Å²) in [5.74, 6) is 0.659.